The first-order chi connectivity index (χ1) is 8.65. The summed E-state index contributed by atoms with van der Waals surface area (Å²) in [6.45, 7) is 2.45. The molecule has 0 aromatic heterocycles. The summed E-state index contributed by atoms with van der Waals surface area (Å²) in [5, 5.41) is 6.73. The molecule has 3 nitrogen and oxygen atoms in total. The van der Waals surface area contributed by atoms with Gasteiger partial charge in [0.1, 0.15) is 0 Å². The van der Waals surface area contributed by atoms with Crippen LogP contribution in [-0.2, 0) is 4.79 Å². The summed E-state index contributed by atoms with van der Waals surface area (Å²) in [5.41, 5.74) is 0.768. The van der Waals surface area contributed by atoms with E-state index >= 15 is 0 Å². The van der Waals surface area contributed by atoms with E-state index < -0.39 is 0 Å². The van der Waals surface area contributed by atoms with Crippen molar-refractivity contribution in [2.75, 3.05) is 23.9 Å². The molecule has 1 unspecified atom stereocenters. The van der Waals surface area contributed by atoms with Crippen LogP contribution < -0.4 is 10.6 Å². The Kier molecular flexibility index (Phi) is 7.16. The quantitative estimate of drug-likeness (QED) is 0.810. The van der Waals surface area contributed by atoms with Crippen LogP contribution in [0.2, 0.25) is 5.02 Å². The van der Waals surface area contributed by atoms with Gasteiger partial charge >= 0.3 is 0 Å². The summed E-state index contributed by atoms with van der Waals surface area (Å²) < 4.78 is 0. The maximum Gasteiger partial charge on any atom is 0.238 e. The van der Waals surface area contributed by atoms with Gasteiger partial charge in [0.2, 0.25) is 5.91 Å². The highest BCUT2D eigenvalue weighted by Crippen LogP contribution is 2.13. The molecular formula is C13H19ClN2OS. The lowest BCUT2D eigenvalue weighted by Gasteiger charge is -2.15. The first-order valence-corrected chi connectivity index (χ1v) is 7.70. The maximum atomic E-state index is 11.7. The van der Waals surface area contributed by atoms with Crippen molar-refractivity contribution in [3.8, 4) is 0 Å². The minimum Gasteiger partial charge on any atom is -0.325 e. The summed E-state index contributed by atoms with van der Waals surface area (Å²) in [6.07, 6.45) is 3.09. The third kappa shape index (κ3) is 5.76. The molecule has 0 aliphatic rings. The van der Waals surface area contributed by atoms with E-state index in [1.165, 1.54) is 0 Å². The monoisotopic (exact) mass is 286 g/mol. The van der Waals surface area contributed by atoms with Crippen LogP contribution >= 0.6 is 23.4 Å². The molecule has 2 N–H and O–H groups in total. The molecule has 1 amide bonds. The fourth-order valence-electron chi connectivity index (χ4n) is 1.50. The van der Waals surface area contributed by atoms with Crippen molar-refractivity contribution in [3.63, 3.8) is 0 Å². The lowest BCUT2D eigenvalue weighted by Crippen LogP contribution is -2.37. The number of rotatable bonds is 7. The molecule has 5 heteroatoms. The second-order valence-electron chi connectivity index (χ2n) is 4.00. The molecule has 0 aliphatic carbocycles. The highest BCUT2D eigenvalue weighted by Gasteiger charge is 2.07. The van der Waals surface area contributed by atoms with Crippen LogP contribution in [-0.4, -0.2) is 30.5 Å². The van der Waals surface area contributed by atoms with Gasteiger partial charge in [-0.25, -0.2) is 0 Å². The Morgan fingerprint density at radius 2 is 2.06 bits per heavy atom. The van der Waals surface area contributed by atoms with E-state index in [9.17, 15) is 4.79 Å². The van der Waals surface area contributed by atoms with E-state index in [1.54, 1.807) is 36.0 Å². The molecular weight excluding hydrogens is 268 g/mol. The van der Waals surface area contributed by atoms with Gasteiger partial charge < -0.3 is 10.6 Å². The van der Waals surface area contributed by atoms with E-state index in [2.05, 4.69) is 23.8 Å². The Balaban J connectivity index is 2.35. The zero-order valence-electron chi connectivity index (χ0n) is 10.7. The number of amides is 1. The zero-order chi connectivity index (χ0) is 13.4. The minimum absolute atomic E-state index is 0.0307. The van der Waals surface area contributed by atoms with Gasteiger partial charge in [0.05, 0.1) is 6.54 Å². The second-order valence-corrected chi connectivity index (χ2v) is 5.34. The molecule has 0 heterocycles. The first kappa shape index (κ1) is 15.3. The molecule has 0 saturated heterocycles. The Morgan fingerprint density at radius 3 is 2.61 bits per heavy atom. The van der Waals surface area contributed by atoms with Crippen molar-refractivity contribution in [1.29, 1.82) is 0 Å². The number of thioether (sulfide) groups is 1. The molecule has 1 atom stereocenters. The topological polar surface area (TPSA) is 41.1 Å². The number of nitrogens with one attached hydrogen (secondary N) is 2. The van der Waals surface area contributed by atoms with Crippen LogP contribution in [0.25, 0.3) is 0 Å². The van der Waals surface area contributed by atoms with Gasteiger partial charge in [-0.05, 0) is 36.9 Å². The average molecular weight is 287 g/mol. The normalized spacial score (nSPS) is 12.2. The lowest BCUT2D eigenvalue weighted by molar-refractivity contribution is -0.115. The summed E-state index contributed by atoms with van der Waals surface area (Å²) >= 11 is 7.56. The van der Waals surface area contributed by atoms with E-state index in [4.69, 9.17) is 11.6 Å². The van der Waals surface area contributed by atoms with Gasteiger partial charge in [-0.3, -0.25) is 4.79 Å². The number of benzene rings is 1. The molecule has 0 saturated carbocycles. The molecule has 1 aromatic rings. The van der Waals surface area contributed by atoms with Gasteiger partial charge in [-0.15, -0.1) is 0 Å². The first-order valence-electron chi connectivity index (χ1n) is 5.93. The zero-order valence-corrected chi connectivity index (χ0v) is 12.3. The molecule has 0 radical (unpaired) electrons. The molecule has 0 fully saturated rings. The summed E-state index contributed by atoms with van der Waals surface area (Å²) in [6, 6.07) is 7.48. The maximum absolute atomic E-state index is 11.7. The van der Waals surface area contributed by atoms with Crippen LogP contribution in [0.4, 0.5) is 5.69 Å². The fourth-order valence-corrected chi connectivity index (χ4v) is 2.38. The summed E-state index contributed by atoms with van der Waals surface area (Å²) in [4.78, 5) is 11.7. The predicted octanol–water partition coefficient (Wildman–Crippen LogP) is 3.01. The Labute approximate surface area is 118 Å². The van der Waals surface area contributed by atoms with Gasteiger partial charge in [-0.2, -0.15) is 11.8 Å². The number of halogens is 1. The minimum atomic E-state index is -0.0307. The molecule has 1 rings (SSSR count). The molecule has 0 spiro atoms. The van der Waals surface area contributed by atoms with Crippen LogP contribution in [0.5, 0.6) is 0 Å². The van der Waals surface area contributed by atoms with Gasteiger partial charge in [0.25, 0.3) is 0 Å². The number of carbonyl (C=O) groups excluding carboxylic acids is 1. The standard InChI is InChI=1S/C13H19ClN2OS/c1-3-11(9-18-2)15-8-13(17)16-12-6-4-10(14)5-7-12/h4-7,11,15H,3,8-9H2,1-2H3,(H,16,17). The fraction of sp³-hybridized carbons (Fsp3) is 0.462. The van der Waals surface area contributed by atoms with Gasteiger partial charge in [-0.1, -0.05) is 18.5 Å². The largest absolute Gasteiger partial charge is 0.325 e. The molecule has 0 bridgehead atoms. The van der Waals surface area contributed by atoms with Crippen molar-refractivity contribution < 1.29 is 4.79 Å². The average Bonchev–Trinajstić information content (AvgIpc) is 2.37. The summed E-state index contributed by atoms with van der Waals surface area (Å²) in [5.74, 6) is 0.988. The SMILES string of the molecule is CCC(CSC)NCC(=O)Nc1ccc(Cl)cc1. The van der Waals surface area contributed by atoms with Crippen molar-refractivity contribution in [2.24, 2.45) is 0 Å². The number of carbonyl (C=O) groups is 1. The Morgan fingerprint density at radius 1 is 1.39 bits per heavy atom. The van der Waals surface area contributed by atoms with Crippen LogP contribution in [0.15, 0.2) is 24.3 Å². The highest BCUT2D eigenvalue weighted by atomic mass is 35.5. The second kappa shape index (κ2) is 8.40. The summed E-state index contributed by atoms with van der Waals surface area (Å²) in [7, 11) is 0. The smallest absolute Gasteiger partial charge is 0.238 e. The van der Waals surface area contributed by atoms with E-state index in [-0.39, 0.29) is 5.91 Å². The van der Waals surface area contributed by atoms with Crippen molar-refractivity contribution >= 4 is 35.0 Å². The van der Waals surface area contributed by atoms with Crippen molar-refractivity contribution in [2.45, 2.75) is 19.4 Å². The van der Waals surface area contributed by atoms with Gasteiger partial charge in [0, 0.05) is 22.5 Å². The van der Waals surface area contributed by atoms with Gasteiger partial charge in [0.15, 0.2) is 0 Å². The van der Waals surface area contributed by atoms with Crippen LogP contribution in [0.1, 0.15) is 13.3 Å². The Bertz CT molecular complexity index is 370. The highest BCUT2D eigenvalue weighted by molar-refractivity contribution is 7.98. The molecule has 1 aromatic carbocycles. The molecule has 0 aliphatic heterocycles. The lowest BCUT2D eigenvalue weighted by atomic mass is 10.2. The van der Waals surface area contributed by atoms with Crippen molar-refractivity contribution in [3.05, 3.63) is 29.3 Å². The Hall–Kier alpha value is -0.710. The van der Waals surface area contributed by atoms with Crippen LogP contribution in [0.3, 0.4) is 0 Å². The van der Waals surface area contributed by atoms with E-state index in [0.717, 1.165) is 17.9 Å². The van der Waals surface area contributed by atoms with E-state index in [1.807, 2.05) is 0 Å². The number of anilines is 1. The third-order valence-electron chi connectivity index (χ3n) is 2.54. The van der Waals surface area contributed by atoms with Crippen LogP contribution in [0, 0.1) is 0 Å². The van der Waals surface area contributed by atoms with Crippen molar-refractivity contribution in [1.82, 2.24) is 5.32 Å². The number of hydrogen-bond donors (Lipinski definition) is 2. The molecule has 100 valence electrons. The van der Waals surface area contributed by atoms with E-state index in [0.29, 0.717) is 17.6 Å². The third-order valence-corrected chi connectivity index (χ3v) is 3.53. The number of hydrogen-bond acceptors (Lipinski definition) is 3. The predicted molar refractivity (Wildman–Crippen MR) is 80.5 cm³/mol. The molecule has 18 heavy (non-hydrogen) atoms.